The fourth-order valence-electron chi connectivity index (χ4n) is 5.62. The number of aromatic nitrogens is 2. The van der Waals surface area contributed by atoms with Gasteiger partial charge in [-0.05, 0) is 62.4 Å². The monoisotopic (exact) mass is 526 g/mol. The first-order valence-electron chi connectivity index (χ1n) is 11.5. The van der Waals surface area contributed by atoms with E-state index in [-0.39, 0.29) is 0 Å². The van der Waals surface area contributed by atoms with Crippen LogP contribution < -0.4 is 18.9 Å². The lowest BCUT2D eigenvalue weighted by molar-refractivity contribution is 0.227. The molecule has 1 saturated carbocycles. The van der Waals surface area contributed by atoms with Crippen LogP contribution in [0.1, 0.15) is 33.0 Å². The molecule has 7 rings (SSSR count). The van der Waals surface area contributed by atoms with Crippen LogP contribution in [0.15, 0.2) is 48.5 Å². The van der Waals surface area contributed by atoms with Crippen LogP contribution in [0.25, 0.3) is 21.1 Å². The molecule has 1 aliphatic carbocycles. The summed E-state index contributed by atoms with van der Waals surface area (Å²) in [6, 6.07) is 19.3. The summed E-state index contributed by atoms with van der Waals surface area (Å²) >= 11 is 7.16. The Morgan fingerprint density at radius 3 is 1.29 bits per heavy atom. The lowest BCUT2D eigenvalue weighted by Gasteiger charge is -2.44. The maximum Gasteiger partial charge on any atom is 0.0557 e. The highest BCUT2D eigenvalue weighted by atomic mass is 32.2. The Hall–Kier alpha value is -1.50. The Balaban J connectivity index is 1.23. The van der Waals surface area contributed by atoms with Crippen molar-refractivity contribution in [1.82, 2.24) is 28.9 Å². The first kappa shape index (κ1) is 21.8. The summed E-state index contributed by atoms with van der Waals surface area (Å²) in [5.74, 6) is 0.771. The van der Waals surface area contributed by atoms with Crippen molar-refractivity contribution in [2.45, 2.75) is 49.9 Å². The van der Waals surface area contributed by atoms with E-state index in [1.165, 1.54) is 42.3 Å². The zero-order chi connectivity index (χ0) is 22.8. The molecule has 6 N–H and O–H groups in total. The van der Waals surface area contributed by atoms with Gasteiger partial charge in [0.15, 0.2) is 0 Å². The van der Waals surface area contributed by atoms with Gasteiger partial charge in [0.05, 0.1) is 21.1 Å². The van der Waals surface area contributed by atoms with Crippen LogP contribution in [0.2, 0.25) is 0 Å². The number of aryl methyl sites for hydroxylation is 2. The van der Waals surface area contributed by atoms with Gasteiger partial charge in [-0.2, -0.15) is 0 Å². The van der Waals surface area contributed by atoms with Crippen LogP contribution in [0.3, 0.4) is 0 Å². The Bertz CT molecular complexity index is 1200. The number of rotatable bonds is 4. The molecule has 6 nitrogen and oxygen atoms in total. The minimum Gasteiger partial charge on any atom is -0.358 e. The van der Waals surface area contributed by atoms with Crippen molar-refractivity contribution in [2.75, 3.05) is 0 Å². The molecule has 0 aromatic carbocycles. The normalized spacial score (nSPS) is 30.5. The van der Waals surface area contributed by atoms with Gasteiger partial charge < -0.3 is 9.97 Å². The van der Waals surface area contributed by atoms with Gasteiger partial charge in [0.25, 0.3) is 0 Å². The summed E-state index contributed by atoms with van der Waals surface area (Å²) in [5.41, 5.74) is 4.82. The standard InChI is InChI=1S/C24H26N6S4/c1-11-3-5-13(25-11)15-7-9-17(31-15)19-21-23(29-33-27-21)20(24-22(19)28-34-30-24)18-10-8-16(32-18)14-6-4-12(2)26-14/h3-10,19-30H,1-2H3. The van der Waals surface area contributed by atoms with E-state index in [0.29, 0.717) is 36.0 Å². The summed E-state index contributed by atoms with van der Waals surface area (Å²) in [7, 11) is 0. The molecule has 0 radical (unpaired) electrons. The van der Waals surface area contributed by atoms with Gasteiger partial charge in [0.2, 0.25) is 0 Å². The van der Waals surface area contributed by atoms with E-state index in [9.17, 15) is 0 Å². The van der Waals surface area contributed by atoms with Crippen molar-refractivity contribution >= 4 is 46.9 Å². The number of nitrogens with one attached hydrogen (secondary N) is 6. The Kier molecular flexibility index (Phi) is 5.48. The van der Waals surface area contributed by atoms with Crippen LogP contribution in [0.5, 0.6) is 0 Å². The summed E-state index contributed by atoms with van der Waals surface area (Å²) in [6.07, 6.45) is 0. The number of fused-ring (bicyclic) bond motifs is 2. The summed E-state index contributed by atoms with van der Waals surface area (Å²) in [6.45, 7) is 4.22. The average molecular weight is 527 g/mol. The van der Waals surface area contributed by atoms with Crippen LogP contribution in [-0.4, -0.2) is 34.1 Å². The maximum atomic E-state index is 3.74. The van der Waals surface area contributed by atoms with E-state index in [4.69, 9.17) is 0 Å². The second-order valence-corrected chi connectivity index (χ2v) is 12.9. The molecule has 4 aromatic heterocycles. The number of aromatic amines is 2. The SMILES string of the molecule is Cc1ccc(-c2ccc(C3C4NSNC4C(c4ccc(-c5ccc(C)[nH]5)s4)C4NSNC43)s2)[nH]1. The molecule has 3 aliphatic rings. The second kappa shape index (κ2) is 8.56. The molecule has 4 unspecified atom stereocenters. The molecule has 4 atom stereocenters. The van der Waals surface area contributed by atoms with Gasteiger partial charge in [-0.15, -0.1) is 22.7 Å². The second-order valence-electron chi connectivity index (χ2n) is 9.34. The number of hydrogen-bond donors (Lipinski definition) is 6. The largest absolute Gasteiger partial charge is 0.358 e. The van der Waals surface area contributed by atoms with Gasteiger partial charge in [0.1, 0.15) is 0 Å². The highest BCUT2D eigenvalue weighted by Gasteiger charge is 2.56. The minimum absolute atomic E-state index is 0.347. The van der Waals surface area contributed by atoms with Crippen LogP contribution in [-0.2, 0) is 0 Å². The van der Waals surface area contributed by atoms with Crippen molar-refractivity contribution in [2.24, 2.45) is 0 Å². The molecular weight excluding hydrogens is 501 g/mol. The predicted octanol–water partition coefficient (Wildman–Crippen LogP) is 5.28. The molecule has 6 heterocycles. The predicted molar refractivity (Wildman–Crippen MR) is 146 cm³/mol. The fourth-order valence-corrected chi connectivity index (χ4v) is 9.85. The molecule has 4 aromatic rings. The Morgan fingerprint density at radius 1 is 0.529 bits per heavy atom. The van der Waals surface area contributed by atoms with E-state index in [0.717, 1.165) is 0 Å². The van der Waals surface area contributed by atoms with Gasteiger partial charge in [0, 0.05) is 81.4 Å². The molecule has 2 saturated heterocycles. The molecule has 0 spiro atoms. The van der Waals surface area contributed by atoms with Crippen molar-refractivity contribution in [3.63, 3.8) is 0 Å². The Morgan fingerprint density at radius 2 is 0.941 bits per heavy atom. The summed E-state index contributed by atoms with van der Waals surface area (Å²) in [4.78, 5) is 12.5. The maximum absolute atomic E-state index is 3.74. The molecular formula is C24H26N6S4. The van der Waals surface area contributed by atoms with Crippen molar-refractivity contribution in [1.29, 1.82) is 0 Å². The third kappa shape index (κ3) is 3.55. The van der Waals surface area contributed by atoms with Crippen LogP contribution in [0, 0.1) is 13.8 Å². The minimum atomic E-state index is 0.347. The van der Waals surface area contributed by atoms with Crippen molar-refractivity contribution < 1.29 is 0 Å². The third-order valence-corrected chi connectivity index (χ3v) is 11.2. The Labute approximate surface area is 215 Å². The van der Waals surface area contributed by atoms with E-state index < -0.39 is 0 Å². The van der Waals surface area contributed by atoms with Crippen molar-refractivity contribution in [3.8, 4) is 21.1 Å². The fraction of sp³-hybridized carbons (Fsp3) is 0.333. The highest BCUT2D eigenvalue weighted by Crippen LogP contribution is 2.50. The smallest absolute Gasteiger partial charge is 0.0557 e. The lowest BCUT2D eigenvalue weighted by atomic mass is 9.68. The van der Waals surface area contributed by atoms with Crippen LogP contribution in [0.4, 0.5) is 0 Å². The zero-order valence-electron chi connectivity index (χ0n) is 18.7. The molecule has 3 fully saturated rings. The third-order valence-electron chi connectivity index (χ3n) is 7.21. The molecule has 10 heteroatoms. The number of H-pyrrole nitrogens is 2. The van der Waals surface area contributed by atoms with Gasteiger partial charge in [-0.1, -0.05) is 0 Å². The van der Waals surface area contributed by atoms with E-state index in [1.807, 2.05) is 22.7 Å². The van der Waals surface area contributed by atoms with E-state index in [2.05, 4.69) is 91.2 Å². The summed E-state index contributed by atoms with van der Waals surface area (Å²) in [5, 5.41) is 0. The highest BCUT2D eigenvalue weighted by molar-refractivity contribution is 7.96. The first-order chi connectivity index (χ1) is 16.7. The number of hydrogen-bond acceptors (Lipinski definition) is 8. The van der Waals surface area contributed by atoms with Crippen molar-refractivity contribution in [3.05, 3.63) is 69.7 Å². The quantitative estimate of drug-likeness (QED) is 0.203. The zero-order valence-corrected chi connectivity index (χ0v) is 22.0. The van der Waals surface area contributed by atoms with Gasteiger partial charge in [-0.25, -0.2) is 18.9 Å². The van der Waals surface area contributed by atoms with Crippen LogP contribution >= 0.6 is 46.9 Å². The molecule has 176 valence electrons. The lowest BCUT2D eigenvalue weighted by Crippen LogP contribution is -2.61. The molecule has 2 aliphatic heterocycles. The average Bonchev–Trinajstić information content (AvgIpc) is 3.65. The first-order valence-corrected chi connectivity index (χ1v) is 14.8. The van der Waals surface area contributed by atoms with E-state index in [1.54, 1.807) is 24.3 Å². The topological polar surface area (TPSA) is 79.7 Å². The molecule has 0 amide bonds. The molecule has 0 bridgehead atoms. The summed E-state index contributed by atoms with van der Waals surface area (Å²) < 4.78 is 15.0. The molecule has 34 heavy (non-hydrogen) atoms. The van der Waals surface area contributed by atoms with E-state index >= 15 is 0 Å². The number of thiophene rings is 2. The van der Waals surface area contributed by atoms with Gasteiger partial charge >= 0.3 is 0 Å². The van der Waals surface area contributed by atoms with Gasteiger partial charge in [-0.3, -0.25) is 0 Å².